The third kappa shape index (κ3) is 4.06. The van der Waals surface area contributed by atoms with Gasteiger partial charge in [0.2, 0.25) is 0 Å². The Hall–Kier alpha value is -0.990. The van der Waals surface area contributed by atoms with Crippen LogP contribution in [0.15, 0.2) is 30.5 Å². The predicted molar refractivity (Wildman–Crippen MR) is 73.7 cm³/mol. The molecule has 0 aliphatic heterocycles. The van der Waals surface area contributed by atoms with E-state index in [0.717, 1.165) is 0 Å². The van der Waals surface area contributed by atoms with Gasteiger partial charge in [0, 0.05) is 11.6 Å². The molecule has 0 saturated heterocycles. The summed E-state index contributed by atoms with van der Waals surface area (Å²) >= 11 is 11.9. The van der Waals surface area contributed by atoms with Gasteiger partial charge in [-0.2, -0.15) is 0 Å². The van der Waals surface area contributed by atoms with E-state index in [1.54, 1.807) is 24.4 Å². The van der Waals surface area contributed by atoms with Gasteiger partial charge < -0.3 is 5.32 Å². The number of carbonyl (C=O) groups is 1. The molecule has 0 atom stereocenters. The van der Waals surface area contributed by atoms with Crippen molar-refractivity contribution < 1.29 is 4.79 Å². The van der Waals surface area contributed by atoms with Crippen LogP contribution in [0.5, 0.6) is 0 Å². The van der Waals surface area contributed by atoms with Crippen LogP contribution in [0.2, 0.25) is 10.0 Å². The Balaban J connectivity index is 2.72. The highest BCUT2D eigenvalue weighted by Crippen LogP contribution is 2.29. The molecule has 1 aromatic rings. The van der Waals surface area contributed by atoms with Gasteiger partial charge in [0.1, 0.15) is 0 Å². The molecule has 0 amide bonds. The van der Waals surface area contributed by atoms with Gasteiger partial charge in [-0.05, 0) is 18.2 Å². The van der Waals surface area contributed by atoms with E-state index in [2.05, 4.69) is 5.32 Å². The van der Waals surface area contributed by atoms with Crippen molar-refractivity contribution in [2.45, 2.75) is 20.8 Å². The Morgan fingerprint density at radius 2 is 1.94 bits per heavy atom. The number of rotatable bonds is 3. The topological polar surface area (TPSA) is 29.1 Å². The molecule has 4 heteroatoms. The molecule has 0 bridgehead atoms. The summed E-state index contributed by atoms with van der Waals surface area (Å²) in [6.45, 7) is 5.60. The number of hydrogen-bond acceptors (Lipinski definition) is 2. The quantitative estimate of drug-likeness (QED) is 0.819. The third-order valence-electron chi connectivity index (χ3n) is 2.16. The summed E-state index contributed by atoms with van der Waals surface area (Å²) in [5, 5.41) is 3.86. The summed E-state index contributed by atoms with van der Waals surface area (Å²) in [5.74, 6) is 0.0446. The van der Waals surface area contributed by atoms with Crippen molar-refractivity contribution in [2.75, 3.05) is 5.32 Å². The summed E-state index contributed by atoms with van der Waals surface area (Å²) in [7, 11) is 0. The Kier molecular flexibility index (Phi) is 4.61. The fourth-order valence-corrected chi connectivity index (χ4v) is 1.43. The van der Waals surface area contributed by atoms with Gasteiger partial charge in [-0.25, -0.2) is 0 Å². The van der Waals surface area contributed by atoms with E-state index >= 15 is 0 Å². The van der Waals surface area contributed by atoms with Crippen molar-refractivity contribution in [3.8, 4) is 0 Å². The Bertz CT molecular complexity index is 447. The molecule has 0 spiro atoms. The lowest BCUT2D eigenvalue weighted by molar-refractivity contribution is -0.121. The summed E-state index contributed by atoms with van der Waals surface area (Å²) < 4.78 is 0. The second-order valence-electron chi connectivity index (χ2n) is 4.69. The molecule has 0 saturated carbocycles. The lowest BCUT2D eigenvalue weighted by atomic mass is 9.91. The van der Waals surface area contributed by atoms with Crippen LogP contribution in [0.1, 0.15) is 20.8 Å². The van der Waals surface area contributed by atoms with Crippen molar-refractivity contribution in [3.05, 3.63) is 40.5 Å². The normalized spacial score (nSPS) is 11.8. The van der Waals surface area contributed by atoms with Crippen LogP contribution >= 0.6 is 23.2 Å². The Morgan fingerprint density at radius 1 is 1.29 bits per heavy atom. The van der Waals surface area contributed by atoms with Crippen LogP contribution in [-0.2, 0) is 4.79 Å². The van der Waals surface area contributed by atoms with Crippen LogP contribution in [0.3, 0.4) is 0 Å². The molecule has 1 aromatic carbocycles. The largest absolute Gasteiger partial charge is 0.360 e. The molecule has 0 aliphatic carbocycles. The molecule has 0 heterocycles. The molecular formula is C13H15Cl2NO. The maximum atomic E-state index is 11.6. The summed E-state index contributed by atoms with van der Waals surface area (Å²) in [5.41, 5.74) is 0.299. The highest BCUT2D eigenvalue weighted by molar-refractivity contribution is 6.43. The zero-order chi connectivity index (χ0) is 13.1. The molecule has 0 aromatic heterocycles. The van der Waals surface area contributed by atoms with Gasteiger partial charge in [0.25, 0.3) is 0 Å². The van der Waals surface area contributed by atoms with Crippen LogP contribution in [0.25, 0.3) is 0 Å². The van der Waals surface area contributed by atoms with Crippen LogP contribution in [-0.4, -0.2) is 5.78 Å². The molecule has 2 nitrogen and oxygen atoms in total. The number of halogens is 2. The van der Waals surface area contributed by atoms with E-state index in [1.165, 1.54) is 6.08 Å². The molecule has 0 unspecified atom stereocenters. The summed E-state index contributed by atoms with van der Waals surface area (Å²) in [4.78, 5) is 11.6. The van der Waals surface area contributed by atoms with Gasteiger partial charge in [-0.1, -0.05) is 50.0 Å². The number of ketones is 1. The number of carbonyl (C=O) groups excluding carboxylic acids is 1. The first kappa shape index (κ1) is 14.1. The van der Waals surface area contributed by atoms with Gasteiger partial charge in [0.05, 0.1) is 15.7 Å². The average Bonchev–Trinajstić information content (AvgIpc) is 2.22. The van der Waals surface area contributed by atoms with Crippen molar-refractivity contribution in [1.29, 1.82) is 0 Å². The van der Waals surface area contributed by atoms with Gasteiger partial charge in [-0.3, -0.25) is 4.79 Å². The fourth-order valence-electron chi connectivity index (χ4n) is 1.07. The van der Waals surface area contributed by atoms with E-state index < -0.39 is 0 Å². The monoisotopic (exact) mass is 271 g/mol. The second kappa shape index (κ2) is 5.56. The average molecular weight is 272 g/mol. The van der Waals surface area contributed by atoms with E-state index in [9.17, 15) is 4.79 Å². The Labute approximate surface area is 112 Å². The molecule has 92 valence electrons. The fraction of sp³-hybridized carbons (Fsp3) is 0.308. The molecule has 1 N–H and O–H groups in total. The zero-order valence-corrected chi connectivity index (χ0v) is 11.6. The molecule has 17 heavy (non-hydrogen) atoms. The number of hydrogen-bond donors (Lipinski definition) is 1. The first-order valence-corrected chi connectivity index (χ1v) is 5.99. The van der Waals surface area contributed by atoms with Gasteiger partial charge >= 0.3 is 0 Å². The Morgan fingerprint density at radius 3 is 2.53 bits per heavy atom. The van der Waals surface area contributed by atoms with E-state index in [1.807, 2.05) is 20.8 Å². The minimum absolute atomic E-state index is 0.0446. The van der Waals surface area contributed by atoms with Crippen molar-refractivity contribution >= 4 is 34.7 Å². The zero-order valence-electron chi connectivity index (χ0n) is 10.1. The highest BCUT2D eigenvalue weighted by Gasteiger charge is 2.17. The molecule has 0 fully saturated rings. The molecule has 0 radical (unpaired) electrons. The molecular weight excluding hydrogens is 257 g/mol. The van der Waals surface area contributed by atoms with Crippen LogP contribution < -0.4 is 5.32 Å². The lowest BCUT2D eigenvalue weighted by Gasteiger charge is -2.13. The SMILES string of the molecule is CC(C)(C)C(=O)/C=C/Nc1cccc(Cl)c1Cl. The third-order valence-corrected chi connectivity index (χ3v) is 2.98. The number of anilines is 1. The minimum atomic E-state index is -0.379. The van der Waals surface area contributed by atoms with Gasteiger partial charge in [-0.15, -0.1) is 0 Å². The minimum Gasteiger partial charge on any atom is -0.360 e. The maximum absolute atomic E-state index is 11.6. The first-order chi connectivity index (χ1) is 7.82. The van der Waals surface area contributed by atoms with Crippen LogP contribution in [0.4, 0.5) is 5.69 Å². The number of nitrogens with one attached hydrogen (secondary N) is 1. The summed E-state index contributed by atoms with van der Waals surface area (Å²) in [6, 6.07) is 5.29. The summed E-state index contributed by atoms with van der Waals surface area (Å²) in [6.07, 6.45) is 3.07. The van der Waals surface area contributed by atoms with E-state index in [4.69, 9.17) is 23.2 Å². The standard InChI is InChI=1S/C13H15Cl2NO/c1-13(2,3)11(17)7-8-16-10-6-4-5-9(14)12(10)15/h4-8,16H,1-3H3/b8-7+. The highest BCUT2D eigenvalue weighted by atomic mass is 35.5. The number of allylic oxidation sites excluding steroid dienone is 1. The molecule has 0 aliphatic rings. The van der Waals surface area contributed by atoms with E-state index in [-0.39, 0.29) is 11.2 Å². The lowest BCUT2D eigenvalue weighted by Crippen LogP contribution is -2.17. The molecule has 1 rings (SSSR count). The predicted octanol–water partition coefficient (Wildman–Crippen LogP) is 4.53. The van der Waals surface area contributed by atoms with Crippen molar-refractivity contribution in [2.24, 2.45) is 5.41 Å². The van der Waals surface area contributed by atoms with E-state index in [0.29, 0.717) is 15.7 Å². The first-order valence-electron chi connectivity index (χ1n) is 5.24. The maximum Gasteiger partial charge on any atom is 0.162 e. The van der Waals surface area contributed by atoms with Gasteiger partial charge in [0.15, 0.2) is 5.78 Å². The second-order valence-corrected chi connectivity index (χ2v) is 5.48. The van der Waals surface area contributed by atoms with Crippen molar-refractivity contribution in [1.82, 2.24) is 0 Å². The smallest absolute Gasteiger partial charge is 0.162 e. The van der Waals surface area contributed by atoms with Crippen molar-refractivity contribution in [3.63, 3.8) is 0 Å². The van der Waals surface area contributed by atoms with Crippen LogP contribution in [0, 0.1) is 5.41 Å². The number of benzene rings is 1.